The van der Waals surface area contributed by atoms with Crippen molar-refractivity contribution in [2.45, 2.75) is 24.0 Å². The molecule has 0 radical (unpaired) electrons. The van der Waals surface area contributed by atoms with Crippen molar-refractivity contribution < 1.29 is 21.6 Å². The van der Waals surface area contributed by atoms with Crippen LogP contribution >= 0.6 is 12.4 Å². The van der Waals surface area contributed by atoms with E-state index in [1.54, 1.807) is 12.1 Å². The minimum atomic E-state index is -4.46. The Morgan fingerprint density at radius 1 is 1.00 bits per heavy atom. The molecule has 9 heteroatoms. The quantitative estimate of drug-likeness (QED) is 0.839. The largest absolute Gasteiger partial charge is 0.416 e. The number of anilines is 1. The summed E-state index contributed by atoms with van der Waals surface area (Å²) in [5, 5.41) is 3.17. The lowest BCUT2D eigenvalue weighted by Gasteiger charge is -2.18. The molecule has 0 aliphatic carbocycles. The van der Waals surface area contributed by atoms with Crippen LogP contribution in [-0.2, 0) is 29.2 Å². The van der Waals surface area contributed by atoms with Crippen LogP contribution in [0.1, 0.15) is 16.7 Å². The summed E-state index contributed by atoms with van der Waals surface area (Å²) in [4.78, 5) is 0.0878. The predicted octanol–water partition coefficient (Wildman–Crippen LogP) is 3.57. The summed E-state index contributed by atoms with van der Waals surface area (Å²) in [6.07, 6.45) is -3.62. The second-order valence-corrected chi connectivity index (χ2v) is 7.22. The van der Waals surface area contributed by atoms with Gasteiger partial charge in [-0.2, -0.15) is 13.2 Å². The number of benzene rings is 2. The lowest BCUT2D eigenvalue weighted by Crippen LogP contribution is -2.24. The zero-order valence-electron chi connectivity index (χ0n) is 12.9. The number of nitrogens with one attached hydrogen (secondary N) is 2. The molecule has 2 aromatic carbocycles. The second-order valence-electron chi connectivity index (χ2n) is 5.54. The van der Waals surface area contributed by atoms with Gasteiger partial charge in [-0.3, -0.25) is 4.72 Å². The van der Waals surface area contributed by atoms with E-state index in [1.165, 1.54) is 6.07 Å². The van der Waals surface area contributed by atoms with Crippen molar-refractivity contribution in [2.75, 3.05) is 11.3 Å². The monoisotopic (exact) mass is 392 g/mol. The molecule has 0 unspecified atom stereocenters. The molecule has 1 aliphatic heterocycles. The van der Waals surface area contributed by atoms with E-state index < -0.39 is 21.8 Å². The molecule has 0 fully saturated rings. The SMILES string of the molecule is Cl.O=S(=O)(Nc1ccc(C(F)(F)F)cc1)c1ccc2c(c1)CNCC2. The van der Waals surface area contributed by atoms with Crippen molar-refractivity contribution in [2.24, 2.45) is 0 Å². The summed E-state index contributed by atoms with van der Waals surface area (Å²) in [6.45, 7) is 1.45. The van der Waals surface area contributed by atoms with Crippen molar-refractivity contribution in [3.05, 3.63) is 59.2 Å². The van der Waals surface area contributed by atoms with Crippen molar-refractivity contribution in [1.82, 2.24) is 5.32 Å². The third-order valence-corrected chi connectivity index (χ3v) is 5.22. The molecule has 2 aromatic rings. The normalized spacial score (nSPS) is 14.4. The Kier molecular flexibility index (Phi) is 5.65. The number of rotatable bonds is 3. The molecular weight excluding hydrogens is 377 g/mol. The molecule has 3 rings (SSSR count). The first kappa shape index (κ1) is 19.6. The number of sulfonamides is 1. The molecule has 136 valence electrons. The number of alkyl halides is 3. The fourth-order valence-electron chi connectivity index (χ4n) is 2.57. The smallest absolute Gasteiger partial charge is 0.312 e. The molecule has 1 heterocycles. The van der Waals surface area contributed by atoms with Crippen molar-refractivity contribution >= 4 is 28.1 Å². The zero-order chi connectivity index (χ0) is 17.4. The molecule has 0 bridgehead atoms. The Hall–Kier alpha value is -1.77. The van der Waals surface area contributed by atoms with E-state index in [0.29, 0.717) is 6.54 Å². The van der Waals surface area contributed by atoms with Crippen LogP contribution in [0, 0.1) is 0 Å². The van der Waals surface area contributed by atoms with E-state index in [2.05, 4.69) is 10.0 Å². The molecule has 0 atom stereocenters. The first-order valence-electron chi connectivity index (χ1n) is 7.28. The maximum atomic E-state index is 12.5. The Morgan fingerprint density at radius 2 is 1.68 bits per heavy atom. The maximum absolute atomic E-state index is 12.5. The van der Waals surface area contributed by atoms with E-state index in [1.807, 2.05) is 0 Å². The van der Waals surface area contributed by atoms with Crippen LogP contribution in [0.5, 0.6) is 0 Å². The van der Waals surface area contributed by atoms with Crippen LogP contribution < -0.4 is 10.0 Å². The summed E-state index contributed by atoms with van der Waals surface area (Å²) in [5.41, 5.74) is 1.27. The third kappa shape index (κ3) is 4.45. The van der Waals surface area contributed by atoms with E-state index >= 15 is 0 Å². The summed E-state index contributed by atoms with van der Waals surface area (Å²) in [6, 6.07) is 8.76. The van der Waals surface area contributed by atoms with Gasteiger partial charge in [0, 0.05) is 12.2 Å². The van der Waals surface area contributed by atoms with Gasteiger partial charge in [-0.1, -0.05) is 6.07 Å². The van der Waals surface area contributed by atoms with Gasteiger partial charge in [0.1, 0.15) is 0 Å². The van der Waals surface area contributed by atoms with E-state index in [4.69, 9.17) is 0 Å². The molecule has 4 nitrogen and oxygen atoms in total. The second kappa shape index (κ2) is 7.23. The van der Waals surface area contributed by atoms with E-state index in [0.717, 1.165) is 48.4 Å². The average molecular weight is 393 g/mol. The van der Waals surface area contributed by atoms with Crippen LogP contribution in [0.3, 0.4) is 0 Å². The molecular formula is C16H16ClF3N2O2S. The Morgan fingerprint density at radius 3 is 2.32 bits per heavy atom. The number of hydrogen-bond donors (Lipinski definition) is 2. The summed E-state index contributed by atoms with van der Waals surface area (Å²) < 4.78 is 64.7. The van der Waals surface area contributed by atoms with Crippen molar-refractivity contribution in [1.29, 1.82) is 0 Å². The van der Waals surface area contributed by atoms with E-state index in [9.17, 15) is 21.6 Å². The minimum Gasteiger partial charge on any atom is -0.312 e. The Labute approximate surface area is 149 Å². The fraction of sp³-hybridized carbons (Fsp3) is 0.250. The van der Waals surface area contributed by atoms with Crippen LogP contribution in [0.4, 0.5) is 18.9 Å². The van der Waals surface area contributed by atoms with Gasteiger partial charge < -0.3 is 5.32 Å². The fourth-order valence-corrected chi connectivity index (χ4v) is 3.67. The summed E-state index contributed by atoms with van der Waals surface area (Å²) in [5.74, 6) is 0. The van der Waals surface area contributed by atoms with Crippen molar-refractivity contribution in [3.8, 4) is 0 Å². The van der Waals surface area contributed by atoms with Gasteiger partial charge in [-0.25, -0.2) is 8.42 Å². The van der Waals surface area contributed by atoms with Gasteiger partial charge in [0.2, 0.25) is 0 Å². The van der Waals surface area contributed by atoms with Gasteiger partial charge in [-0.05, 0) is 60.5 Å². The molecule has 0 aromatic heterocycles. The highest BCUT2D eigenvalue weighted by Gasteiger charge is 2.30. The predicted molar refractivity (Wildman–Crippen MR) is 91.4 cm³/mol. The van der Waals surface area contributed by atoms with Gasteiger partial charge >= 0.3 is 6.18 Å². The van der Waals surface area contributed by atoms with Crippen LogP contribution in [0.2, 0.25) is 0 Å². The zero-order valence-corrected chi connectivity index (χ0v) is 14.6. The number of halogens is 4. The molecule has 2 N–H and O–H groups in total. The van der Waals surface area contributed by atoms with Gasteiger partial charge in [0.15, 0.2) is 0 Å². The lowest BCUT2D eigenvalue weighted by atomic mass is 10.0. The summed E-state index contributed by atoms with van der Waals surface area (Å²) in [7, 11) is -3.85. The van der Waals surface area contributed by atoms with Crippen LogP contribution in [-0.4, -0.2) is 15.0 Å². The highest BCUT2D eigenvalue weighted by molar-refractivity contribution is 7.92. The average Bonchev–Trinajstić information content (AvgIpc) is 2.53. The molecule has 0 saturated heterocycles. The van der Waals surface area contributed by atoms with Crippen molar-refractivity contribution in [3.63, 3.8) is 0 Å². The minimum absolute atomic E-state index is 0. The van der Waals surface area contributed by atoms with E-state index in [-0.39, 0.29) is 23.0 Å². The maximum Gasteiger partial charge on any atom is 0.416 e. The van der Waals surface area contributed by atoms with Gasteiger partial charge in [-0.15, -0.1) is 12.4 Å². The van der Waals surface area contributed by atoms with Gasteiger partial charge in [0.25, 0.3) is 10.0 Å². The van der Waals surface area contributed by atoms with Gasteiger partial charge in [0.05, 0.1) is 10.5 Å². The standard InChI is InChI=1S/C16H15F3N2O2S.ClH/c17-16(18,19)13-2-4-14(5-3-13)21-24(22,23)15-6-1-11-7-8-20-10-12(11)9-15;/h1-6,9,20-21H,7-8,10H2;1H. The molecule has 0 spiro atoms. The first-order chi connectivity index (χ1) is 11.3. The highest BCUT2D eigenvalue weighted by Crippen LogP contribution is 2.30. The molecule has 1 aliphatic rings. The molecule has 0 saturated carbocycles. The molecule has 0 amide bonds. The topological polar surface area (TPSA) is 58.2 Å². The van der Waals surface area contributed by atoms with Crippen LogP contribution in [0.15, 0.2) is 47.4 Å². The third-order valence-electron chi connectivity index (χ3n) is 3.84. The lowest BCUT2D eigenvalue weighted by molar-refractivity contribution is -0.137. The van der Waals surface area contributed by atoms with Crippen LogP contribution in [0.25, 0.3) is 0 Å². The number of fused-ring (bicyclic) bond motifs is 1. The number of hydrogen-bond acceptors (Lipinski definition) is 3. The molecule has 25 heavy (non-hydrogen) atoms. The Balaban J connectivity index is 0.00000225. The highest BCUT2D eigenvalue weighted by atomic mass is 35.5. The summed E-state index contributed by atoms with van der Waals surface area (Å²) >= 11 is 0. The first-order valence-corrected chi connectivity index (χ1v) is 8.77. The Bertz CT molecular complexity index is 853.